The minimum atomic E-state index is -0.946. The fourth-order valence-corrected chi connectivity index (χ4v) is 1.90. The van der Waals surface area contributed by atoms with Crippen LogP contribution in [0.25, 0.3) is 6.08 Å². The van der Waals surface area contributed by atoms with Gasteiger partial charge in [0, 0.05) is 5.56 Å². The van der Waals surface area contributed by atoms with Crippen LogP contribution in [0.1, 0.15) is 31.8 Å². The molecule has 20 heavy (non-hydrogen) atoms. The van der Waals surface area contributed by atoms with Crippen molar-refractivity contribution in [2.24, 2.45) is 0 Å². The first-order valence-electron chi connectivity index (χ1n) is 6.19. The molecular weight excluding hydrogens is 252 g/mol. The van der Waals surface area contributed by atoms with Gasteiger partial charge in [-0.05, 0) is 30.2 Å². The van der Waals surface area contributed by atoms with E-state index >= 15 is 0 Å². The van der Waals surface area contributed by atoms with E-state index in [4.69, 9.17) is 5.11 Å². The minimum Gasteiger partial charge on any atom is -0.478 e. The number of hydrogen-bond acceptors (Lipinski definition) is 2. The lowest BCUT2D eigenvalue weighted by Crippen LogP contribution is -1.99. The van der Waals surface area contributed by atoms with Gasteiger partial charge in [-0.1, -0.05) is 48.5 Å². The first-order valence-corrected chi connectivity index (χ1v) is 6.19. The highest BCUT2D eigenvalue weighted by Gasteiger charge is 2.06. The number of allylic oxidation sites excluding steroid dienone is 1. The Hall–Kier alpha value is -2.68. The normalized spacial score (nSPS) is 10.7. The van der Waals surface area contributed by atoms with Crippen LogP contribution in [-0.2, 0) is 0 Å². The van der Waals surface area contributed by atoms with Gasteiger partial charge in [0.2, 0.25) is 0 Å². The molecule has 0 spiro atoms. The average molecular weight is 266 g/mol. The van der Waals surface area contributed by atoms with Crippen LogP contribution in [0, 0.1) is 6.92 Å². The SMILES string of the molecule is Cc1cc(/C=C/C(=O)c2ccccc2)ccc1C(=O)O. The van der Waals surface area contributed by atoms with E-state index in [9.17, 15) is 9.59 Å². The first kappa shape index (κ1) is 13.7. The Balaban J connectivity index is 2.18. The summed E-state index contributed by atoms with van der Waals surface area (Å²) in [7, 11) is 0. The second-order valence-electron chi connectivity index (χ2n) is 4.44. The zero-order valence-corrected chi connectivity index (χ0v) is 11.0. The Morgan fingerprint density at radius 3 is 2.35 bits per heavy atom. The molecule has 0 radical (unpaired) electrons. The minimum absolute atomic E-state index is 0.0782. The van der Waals surface area contributed by atoms with Crippen molar-refractivity contribution in [2.45, 2.75) is 6.92 Å². The molecule has 0 amide bonds. The predicted molar refractivity (Wildman–Crippen MR) is 77.9 cm³/mol. The summed E-state index contributed by atoms with van der Waals surface area (Å²) < 4.78 is 0. The Morgan fingerprint density at radius 1 is 1.05 bits per heavy atom. The molecule has 0 saturated carbocycles. The van der Waals surface area contributed by atoms with E-state index in [1.807, 2.05) is 18.2 Å². The van der Waals surface area contributed by atoms with Crippen LogP contribution in [0.3, 0.4) is 0 Å². The molecule has 0 saturated heterocycles. The highest BCUT2D eigenvalue weighted by molar-refractivity contribution is 6.06. The first-order chi connectivity index (χ1) is 9.58. The Kier molecular flexibility index (Phi) is 4.11. The molecule has 0 aliphatic heterocycles. The summed E-state index contributed by atoms with van der Waals surface area (Å²) in [6, 6.07) is 14.0. The van der Waals surface area contributed by atoms with Gasteiger partial charge in [0.25, 0.3) is 0 Å². The summed E-state index contributed by atoms with van der Waals surface area (Å²) in [5, 5.41) is 8.95. The number of aryl methyl sites for hydroxylation is 1. The van der Waals surface area contributed by atoms with Gasteiger partial charge in [0.1, 0.15) is 0 Å². The zero-order chi connectivity index (χ0) is 14.5. The standard InChI is InChI=1S/C17H14O3/c1-12-11-13(7-9-15(12)17(19)20)8-10-16(18)14-5-3-2-4-6-14/h2-11H,1H3,(H,19,20)/b10-8+. The van der Waals surface area contributed by atoms with Gasteiger partial charge in [0.15, 0.2) is 5.78 Å². The second kappa shape index (κ2) is 5.97. The maximum Gasteiger partial charge on any atom is 0.335 e. The van der Waals surface area contributed by atoms with Crippen molar-refractivity contribution in [2.75, 3.05) is 0 Å². The smallest absolute Gasteiger partial charge is 0.335 e. The molecule has 1 N–H and O–H groups in total. The van der Waals surface area contributed by atoms with Crippen LogP contribution < -0.4 is 0 Å². The highest BCUT2D eigenvalue weighted by atomic mass is 16.4. The number of hydrogen-bond donors (Lipinski definition) is 1. The summed E-state index contributed by atoms with van der Waals surface area (Å²) in [4.78, 5) is 22.8. The highest BCUT2D eigenvalue weighted by Crippen LogP contribution is 2.13. The summed E-state index contributed by atoms with van der Waals surface area (Å²) in [5.41, 5.74) is 2.38. The fourth-order valence-electron chi connectivity index (χ4n) is 1.90. The molecule has 0 aliphatic carbocycles. The molecule has 100 valence electrons. The lowest BCUT2D eigenvalue weighted by Gasteiger charge is -2.01. The molecule has 0 bridgehead atoms. The van der Waals surface area contributed by atoms with E-state index < -0.39 is 5.97 Å². The Labute approximate surface area is 117 Å². The van der Waals surface area contributed by atoms with Crippen molar-refractivity contribution in [1.82, 2.24) is 0 Å². The number of carbonyl (C=O) groups excluding carboxylic acids is 1. The number of carboxylic acid groups (broad SMARTS) is 1. The summed E-state index contributed by atoms with van der Waals surface area (Å²) in [6.07, 6.45) is 3.18. The molecule has 0 atom stereocenters. The molecule has 0 unspecified atom stereocenters. The summed E-state index contributed by atoms with van der Waals surface area (Å²) in [5.74, 6) is -1.02. The van der Waals surface area contributed by atoms with Crippen LogP contribution >= 0.6 is 0 Å². The largest absolute Gasteiger partial charge is 0.478 e. The number of carbonyl (C=O) groups is 2. The van der Waals surface area contributed by atoms with Crippen LogP contribution in [0.5, 0.6) is 0 Å². The molecule has 0 aromatic heterocycles. The molecule has 2 aromatic carbocycles. The molecular formula is C17H14O3. The lowest BCUT2D eigenvalue weighted by atomic mass is 10.0. The third-order valence-corrected chi connectivity index (χ3v) is 2.97. The Bertz CT molecular complexity index is 670. The number of ketones is 1. The van der Waals surface area contributed by atoms with Crippen LogP contribution in [0.2, 0.25) is 0 Å². The van der Waals surface area contributed by atoms with Crippen molar-refractivity contribution in [3.63, 3.8) is 0 Å². The third-order valence-electron chi connectivity index (χ3n) is 2.97. The van der Waals surface area contributed by atoms with E-state index in [-0.39, 0.29) is 11.3 Å². The molecule has 3 heteroatoms. The average Bonchev–Trinajstić information content (AvgIpc) is 2.45. The fraction of sp³-hybridized carbons (Fsp3) is 0.0588. The van der Waals surface area contributed by atoms with E-state index in [1.54, 1.807) is 43.3 Å². The lowest BCUT2D eigenvalue weighted by molar-refractivity contribution is 0.0696. The number of rotatable bonds is 4. The topological polar surface area (TPSA) is 54.4 Å². The number of carboxylic acids is 1. The summed E-state index contributed by atoms with van der Waals surface area (Å²) >= 11 is 0. The van der Waals surface area contributed by atoms with Crippen molar-refractivity contribution >= 4 is 17.8 Å². The van der Waals surface area contributed by atoms with Gasteiger partial charge in [-0.25, -0.2) is 4.79 Å². The predicted octanol–water partition coefficient (Wildman–Crippen LogP) is 3.59. The molecule has 2 rings (SSSR count). The molecule has 0 aliphatic rings. The van der Waals surface area contributed by atoms with Gasteiger partial charge in [0.05, 0.1) is 5.56 Å². The monoisotopic (exact) mass is 266 g/mol. The molecule has 0 fully saturated rings. The summed E-state index contributed by atoms with van der Waals surface area (Å²) in [6.45, 7) is 1.74. The van der Waals surface area contributed by atoms with E-state index in [0.29, 0.717) is 11.1 Å². The maximum atomic E-state index is 11.9. The zero-order valence-electron chi connectivity index (χ0n) is 11.0. The molecule has 3 nitrogen and oxygen atoms in total. The van der Waals surface area contributed by atoms with Gasteiger partial charge < -0.3 is 5.11 Å². The van der Waals surface area contributed by atoms with E-state index in [1.165, 1.54) is 6.08 Å². The molecule has 0 heterocycles. The van der Waals surface area contributed by atoms with Gasteiger partial charge in [-0.3, -0.25) is 4.79 Å². The van der Waals surface area contributed by atoms with Gasteiger partial charge >= 0.3 is 5.97 Å². The van der Waals surface area contributed by atoms with E-state index in [0.717, 1.165) is 5.56 Å². The van der Waals surface area contributed by atoms with Crippen molar-refractivity contribution in [3.05, 3.63) is 76.9 Å². The number of benzene rings is 2. The van der Waals surface area contributed by atoms with E-state index in [2.05, 4.69) is 0 Å². The third kappa shape index (κ3) is 3.20. The second-order valence-corrected chi connectivity index (χ2v) is 4.44. The van der Waals surface area contributed by atoms with Crippen LogP contribution in [0.4, 0.5) is 0 Å². The van der Waals surface area contributed by atoms with Crippen molar-refractivity contribution in [1.29, 1.82) is 0 Å². The molecule has 2 aromatic rings. The van der Waals surface area contributed by atoms with Gasteiger partial charge in [-0.15, -0.1) is 0 Å². The van der Waals surface area contributed by atoms with Crippen molar-refractivity contribution < 1.29 is 14.7 Å². The van der Waals surface area contributed by atoms with Gasteiger partial charge in [-0.2, -0.15) is 0 Å². The van der Waals surface area contributed by atoms with Crippen LogP contribution in [-0.4, -0.2) is 16.9 Å². The van der Waals surface area contributed by atoms with Crippen LogP contribution in [0.15, 0.2) is 54.6 Å². The Morgan fingerprint density at radius 2 is 1.75 bits per heavy atom. The number of aromatic carboxylic acids is 1. The maximum absolute atomic E-state index is 11.9. The quantitative estimate of drug-likeness (QED) is 0.679. The van der Waals surface area contributed by atoms with Crippen molar-refractivity contribution in [3.8, 4) is 0 Å².